The molecule has 0 bridgehead atoms. The third-order valence-corrected chi connectivity index (χ3v) is 2.36. The Labute approximate surface area is 95.6 Å². The van der Waals surface area contributed by atoms with Crippen molar-refractivity contribution in [2.75, 3.05) is 19.6 Å². The molecule has 0 saturated carbocycles. The SMILES string of the molecule is O=C(CN1CC(S)CC1=O)NCC(F)(F)F. The van der Waals surface area contributed by atoms with E-state index in [2.05, 4.69) is 12.6 Å². The molecule has 1 N–H and O–H groups in total. The molecule has 0 aromatic heterocycles. The van der Waals surface area contributed by atoms with Crippen LogP contribution in [-0.4, -0.2) is 47.8 Å². The van der Waals surface area contributed by atoms with E-state index in [1.165, 1.54) is 4.90 Å². The summed E-state index contributed by atoms with van der Waals surface area (Å²) in [5, 5.41) is 1.55. The highest BCUT2D eigenvalue weighted by Crippen LogP contribution is 2.15. The summed E-state index contributed by atoms with van der Waals surface area (Å²) in [5.74, 6) is -1.07. The van der Waals surface area contributed by atoms with Crippen molar-refractivity contribution in [3.8, 4) is 0 Å². The van der Waals surface area contributed by atoms with Crippen molar-refractivity contribution in [2.24, 2.45) is 0 Å². The highest BCUT2D eigenvalue weighted by atomic mass is 32.1. The summed E-state index contributed by atoms with van der Waals surface area (Å²) in [4.78, 5) is 23.5. The van der Waals surface area contributed by atoms with E-state index in [-0.39, 0.29) is 24.1 Å². The third-order valence-electron chi connectivity index (χ3n) is 2.01. The highest BCUT2D eigenvalue weighted by Gasteiger charge is 2.31. The topological polar surface area (TPSA) is 49.4 Å². The number of nitrogens with one attached hydrogen (secondary N) is 1. The van der Waals surface area contributed by atoms with E-state index in [4.69, 9.17) is 0 Å². The van der Waals surface area contributed by atoms with Crippen molar-refractivity contribution in [2.45, 2.75) is 17.8 Å². The summed E-state index contributed by atoms with van der Waals surface area (Å²) >= 11 is 4.06. The molecule has 1 saturated heterocycles. The molecule has 1 unspecified atom stereocenters. The van der Waals surface area contributed by atoms with Crippen LogP contribution in [0.15, 0.2) is 0 Å². The molecule has 1 aliphatic heterocycles. The first-order chi connectivity index (χ1) is 7.28. The number of amides is 2. The van der Waals surface area contributed by atoms with Gasteiger partial charge in [-0.3, -0.25) is 9.59 Å². The fourth-order valence-electron chi connectivity index (χ4n) is 1.33. The predicted molar refractivity (Wildman–Crippen MR) is 53.0 cm³/mol. The minimum atomic E-state index is -4.43. The Morgan fingerprint density at radius 2 is 2.19 bits per heavy atom. The third kappa shape index (κ3) is 4.30. The Morgan fingerprint density at radius 3 is 2.62 bits per heavy atom. The van der Waals surface area contributed by atoms with Crippen LogP contribution in [0.5, 0.6) is 0 Å². The summed E-state index contributed by atoms with van der Waals surface area (Å²) in [5.41, 5.74) is 0. The lowest BCUT2D eigenvalue weighted by Crippen LogP contribution is -2.41. The van der Waals surface area contributed by atoms with Crippen LogP contribution in [0.4, 0.5) is 13.2 Å². The van der Waals surface area contributed by atoms with E-state index >= 15 is 0 Å². The fourth-order valence-corrected chi connectivity index (χ4v) is 1.69. The van der Waals surface area contributed by atoms with E-state index in [1.54, 1.807) is 5.32 Å². The quantitative estimate of drug-likeness (QED) is 0.708. The number of halogens is 3. The molecule has 0 aliphatic carbocycles. The molecular formula is C8H11F3N2O2S. The van der Waals surface area contributed by atoms with E-state index in [1.807, 2.05) is 0 Å². The van der Waals surface area contributed by atoms with Crippen molar-refractivity contribution >= 4 is 24.4 Å². The van der Waals surface area contributed by atoms with Gasteiger partial charge in [0.25, 0.3) is 0 Å². The van der Waals surface area contributed by atoms with Crippen molar-refractivity contribution in [1.82, 2.24) is 10.2 Å². The molecule has 1 rings (SSSR count). The van der Waals surface area contributed by atoms with Gasteiger partial charge in [-0.25, -0.2) is 0 Å². The lowest BCUT2D eigenvalue weighted by molar-refractivity contribution is -0.141. The number of nitrogens with zero attached hydrogens (tertiary/aromatic N) is 1. The van der Waals surface area contributed by atoms with Gasteiger partial charge in [-0.05, 0) is 0 Å². The summed E-state index contributed by atoms with van der Waals surface area (Å²) < 4.78 is 35.3. The van der Waals surface area contributed by atoms with Crippen LogP contribution in [0.25, 0.3) is 0 Å². The number of carbonyl (C=O) groups excluding carboxylic acids is 2. The molecule has 16 heavy (non-hydrogen) atoms. The molecule has 0 radical (unpaired) electrons. The van der Waals surface area contributed by atoms with Gasteiger partial charge in [0.15, 0.2) is 0 Å². The standard InChI is InChI=1S/C8H11F3N2O2S/c9-8(10,11)4-12-6(14)3-13-2-5(16)1-7(13)15/h5,16H,1-4H2,(H,12,14). The second-order valence-electron chi connectivity index (χ2n) is 3.52. The summed E-state index contributed by atoms with van der Waals surface area (Å²) in [6, 6.07) is 0. The van der Waals surface area contributed by atoms with Crippen molar-refractivity contribution in [3.63, 3.8) is 0 Å². The van der Waals surface area contributed by atoms with Crippen LogP contribution in [0.1, 0.15) is 6.42 Å². The van der Waals surface area contributed by atoms with Crippen LogP contribution in [0.3, 0.4) is 0 Å². The zero-order chi connectivity index (χ0) is 12.3. The Morgan fingerprint density at radius 1 is 1.56 bits per heavy atom. The molecule has 4 nitrogen and oxygen atoms in total. The number of hydrogen-bond donors (Lipinski definition) is 2. The Bertz CT molecular complexity index is 295. The molecule has 1 fully saturated rings. The van der Waals surface area contributed by atoms with Gasteiger partial charge in [0.1, 0.15) is 6.54 Å². The van der Waals surface area contributed by atoms with Gasteiger partial charge in [0.05, 0.1) is 6.54 Å². The lowest BCUT2D eigenvalue weighted by atomic mass is 10.4. The lowest BCUT2D eigenvalue weighted by Gasteiger charge is -2.15. The smallest absolute Gasteiger partial charge is 0.345 e. The minimum Gasteiger partial charge on any atom is -0.345 e. The van der Waals surface area contributed by atoms with Crippen LogP contribution in [0.2, 0.25) is 0 Å². The molecule has 2 amide bonds. The monoisotopic (exact) mass is 256 g/mol. The average molecular weight is 256 g/mol. The Balaban J connectivity index is 2.32. The van der Waals surface area contributed by atoms with Gasteiger partial charge >= 0.3 is 6.18 Å². The van der Waals surface area contributed by atoms with Gasteiger partial charge in [0, 0.05) is 18.2 Å². The van der Waals surface area contributed by atoms with Crippen LogP contribution in [0, 0.1) is 0 Å². The van der Waals surface area contributed by atoms with Gasteiger partial charge in [-0.2, -0.15) is 25.8 Å². The Kier molecular flexibility index (Phi) is 4.06. The highest BCUT2D eigenvalue weighted by molar-refractivity contribution is 7.81. The number of likely N-dealkylation sites (tertiary alicyclic amines) is 1. The van der Waals surface area contributed by atoms with Gasteiger partial charge in [-0.1, -0.05) is 0 Å². The molecule has 1 heterocycles. The Hall–Kier alpha value is -0.920. The number of thiol groups is 1. The molecule has 0 spiro atoms. The second kappa shape index (κ2) is 4.94. The molecule has 1 atom stereocenters. The number of rotatable bonds is 3. The van der Waals surface area contributed by atoms with E-state index < -0.39 is 18.6 Å². The van der Waals surface area contributed by atoms with Gasteiger partial charge in [-0.15, -0.1) is 0 Å². The molecule has 0 aromatic carbocycles. The van der Waals surface area contributed by atoms with Crippen LogP contribution in [-0.2, 0) is 9.59 Å². The number of carbonyl (C=O) groups is 2. The molecule has 8 heteroatoms. The molecule has 1 aliphatic rings. The zero-order valence-electron chi connectivity index (χ0n) is 8.25. The summed E-state index contributed by atoms with van der Waals surface area (Å²) in [6.45, 7) is -1.43. The zero-order valence-corrected chi connectivity index (χ0v) is 9.15. The molecular weight excluding hydrogens is 245 g/mol. The van der Waals surface area contributed by atoms with E-state index in [9.17, 15) is 22.8 Å². The first kappa shape index (κ1) is 13.1. The minimum absolute atomic E-state index is 0.150. The normalized spacial score (nSPS) is 21.4. The maximum atomic E-state index is 11.8. The average Bonchev–Trinajstić information content (AvgIpc) is 2.41. The second-order valence-corrected chi connectivity index (χ2v) is 4.25. The van der Waals surface area contributed by atoms with Gasteiger partial charge in [0.2, 0.25) is 11.8 Å². The number of alkyl halides is 3. The van der Waals surface area contributed by atoms with Crippen molar-refractivity contribution < 1.29 is 22.8 Å². The first-order valence-electron chi connectivity index (χ1n) is 4.57. The molecule has 0 aromatic rings. The van der Waals surface area contributed by atoms with Crippen LogP contribution >= 0.6 is 12.6 Å². The van der Waals surface area contributed by atoms with E-state index in [0.29, 0.717) is 6.54 Å². The summed E-state index contributed by atoms with van der Waals surface area (Å²) in [7, 11) is 0. The maximum absolute atomic E-state index is 11.8. The largest absolute Gasteiger partial charge is 0.405 e. The first-order valence-corrected chi connectivity index (χ1v) is 5.09. The number of hydrogen-bond acceptors (Lipinski definition) is 3. The van der Waals surface area contributed by atoms with E-state index in [0.717, 1.165) is 0 Å². The predicted octanol–water partition coefficient (Wildman–Crippen LogP) is 0.196. The van der Waals surface area contributed by atoms with Crippen molar-refractivity contribution in [1.29, 1.82) is 0 Å². The van der Waals surface area contributed by atoms with Gasteiger partial charge < -0.3 is 10.2 Å². The molecule has 92 valence electrons. The van der Waals surface area contributed by atoms with Crippen molar-refractivity contribution in [3.05, 3.63) is 0 Å². The fraction of sp³-hybridized carbons (Fsp3) is 0.750. The maximum Gasteiger partial charge on any atom is 0.405 e. The summed E-state index contributed by atoms with van der Waals surface area (Å²) in [6.07, 6.45) is -4.22. The van der Waals surface area contributed by atoms with Crippen LogP contribution < -0.4 is 5.32 Å².